The minimum atomic E-state index is 0.0666. The highest BCUT2D eigenvalue weighted by Gasteiger charge is 2.09. The van der Waals surface area contributed by atoms with Crippen molar-refractivity contribution in [1.82, 2.24) is 29.5 Å². The molecule has 0 bridgehead atoms. The number of imidazole rings is 1. The van der Waals surface area contributed by atoms with Gasteiger partial charge in [0.1, 0.15) is 6.33 Å². The summed E-state index contributed by atoms with van der Waals surface area (Å²) in [5.74, 6) is 0.0666. The monoisotopic (exact) mass is 356 g/mol. The summed E-state index contributed by atoms with van der Waals surface area (Å²) in [6.07, 6.45) is 13.9. The topological polar surface area (TPSA) is 86.5 Å². The number of pyridine rings is 2. The first-order valence-electron chi connectivity index (χ1n) is 8.42. The molecule has 0 amide bonds. The average molecular weight is 356 g/mol. The molecule has 0 saturated heterocycles. The highest BCUT2D eigenvalue weighted by molar-refractivity contribution is 5.80. The standard InChI is InChI=1S/C20H16N6O/c27-19(11-26-12-20(25-14-26)15-3-5-21-6-4-15)7-18-2-1-16(10-24-18)17-8-22-13-23-9-17/h1-6,8-10,12-14H,7,11H2. The molecule has 4 aromatic rings. The van der Waals surface area contributed by atoms with E-state index in [2.05, 4.69) is 24.9 Å². The maximum atomic E-state index is 12.4. The Morgan fingerprint density at radius 2 is 1.67 bits per heavy atom. The van der Waals surface area contributed by atoms with E-state index in [1.807, 2.05) is 30.5 Å². The maximum absolute atomic E-state index is 12.4. The molecule has 0 aromatic carbocycles. The van der Waals surface area contributed by atoms with E-state index < -0.39 is 0 Å². The van der Waals surface area contributed by atoms with Crippen molar-refractivity contribution in [2.24, 2.45) is 0 Å². The van der Waals surface area contributed by atoms with Crippen molar-refractivity contribution in [3.63, 3.8) is 0 Å². The lowest BCUT2D eigenvalue weighted by molar-refractivity contribution is -0.119. The SMILES string of the molecule is O=C(Cc1ccc(-c2cncnc2)cn1)Cn1cnc(-c2ccncc2)c1. The fraction of sp³-hybridized carbons (Fsp3) is 0.100. The van der Waals surface area contributed by atoms with Crippen LogP contribution in [0.1, 0.15) is 5.69 Å². The van der Waals surface area contributed by atoms with Gasteiger partial charge in [0.2, 0.25) is 0 Å². The van der Waals surface area contributed by atoms with Gasteiger partial charge in [-0.2, -0.15) is 0 Å². The molecular formula is C20H16N6O. The molecule has 0 N–H and O–H groups in total. The zero-order valence-corrected chi connectivity index (χ0v) is 14.4. The second kappa shape index (κ2) is 7.65. The first kappa shape index (κ1) is 16.7. The minimum Gasteiger partial charge on any atom is -0.329 e. The summed E-state index contributed by atoms with van der Waals surface area (Å²) in [5.41, 5.74) is 4.33. The first-order valence-corrected chi connectivity index (χ1v) is 8.42. The second-order valence-corrected chi connectivity index (χ2v) is 6.05. The van der Waals surface area contributed by atoms with Crippen molar-refractivity contribution in [2.75, 3.05) is 0 Å². The average Bonchev–Trinajstić information content (AvgIpc) is 3.18. The van der Waals surface area contributed by atoms with E-state index in [-0.39, 0.29) is 18.7 Å². The predicted molar refractivity (Wildman–Crippen MR) is 99.4 cm³/mol. The summed E-state index contributed by atoms with van der Waals surface area (Å²) in [4.78, 5) is 33.1. The Hall–Kier alpha value is -3.74. The molecule has 4 rings (SSSR count). The van der Waals surface area contributed by atoms with Crippen LogP contribution in [-0.2, 0) is 17.8 Å². The van der Waals surface area contributed by atoms with Crippen molar-refractivity contribution in [1.29, 1.82) is 0 Å². The molecule has 0 spiro atoms. The van der Waals surface area contributed by atoms with Crippen LogP contribution in [0.4, 0.5) is 0 Å². The third-order valence-corrected chi connectivity index (χ3v) is 4.07. The van der Waals surface area contributed by atoms with Crippen LogP contribution in [0.2, 0.25) is 0 Å². The molecule has 0 aliphatic carbocycles. The number of hydrogen-bond acceptors (Lipinski definition) is 6. The highest BCUT2D eigenvalue weighted by Crippen LogP contribution is 2.17. The van der Waals surface area contributed by atoms with Crippen LogP contribution in [0.15, 0.2) is 74.1 Å². The largest absolute Gasteiger partial charge is 0.329 e. The predicted octanol–water partition coefficient (Wildman–Crippen LogP) is 2.61. The first-order chi connectivity index (χ1) is 13.3. The minimum absolute atomic E-state index is 0.0666. The lowest BCUT2D eigenvalue weighted by Crippen LogP contribution is -2.12. The van der Waals surface area contributed by atoms with E-state index in [1.54, 1.807) is 41.9 Å². The molecule has 0 aliphatic heterocycles. The number of ketones is 1. The number of Topliss-reactive ketones (excluding diaryl/α,β-unsaturated/α-hetero) is 1. The number of rotatable bonds is 6. The molecule has 7 nitrogen and oxygen atoms in total. The van der Waals surface area contributed by atoms with Crippen LogP contribution in [0.5, 0.6) is 0 Å². The van der Waals surface area contributed by atoms with Gasteiger partial charge in [-0.3, -0.25) is 14.8 Å². The third kappa shape index (κ3) is 4.09. The van der Waals surface area contributed by atoms with Crippen LogP contribution < -0.4 is 0 Å². The fourth-order valence-electron chi connectivity index (χ4n) is 2.73. The summed E-state index contributed by atoms with van der Waals surface area (Å²) >= 11 is 0. The van der Waals surface area contributed by atoms with Gasteiger partial charge in [0, 0.05) is 59.6 Å². The molecule has 0 fully saturated rings. The number of aromatic nitrogens is 6. The van der Waals surface area contributed by atoms with Crippen LogP contribution in [0, 0.1) is 0 Å². The Bertz CT molecular complexity index is 1030. The molecule has 0 saturated carbocycles. The number of carbonyl (C=O) groups excluding carboxylic acids is 1. The van der Waals surface area contributed by atoms with Crippen molar-refractivity contribution in [3.8, 4) is 22.4 Å². The van der Waals surface area contributed by atoms with Gasteiger partial charge < -0.3 is 4.57 Å². The van der Waals surface area contributed by atoms with Crippen molar-refractivity contribution >= 4 is 5.78 Å². The normalized spacial score (nSPS) is 10.7. The lowest BCUT2D eigenvalue weighted by atomic mass is 10.1. The van der Waals surface area contributed by atoms with E-state index in [0.29, 0.717) is 0 Å². The molecule has 4 aromatic heterocycles. The van der Waals surface area contributed by atoms with Gasteiger partial charge in [-0.05, 0) is 18.2 Å². The quantitative estimate of drug-likeness (QED) is 0.528. The molecule has 7 heteroatoms. The van der Waals surface area contributed by atoms with Crippen LogP contribution in [-0.4, -0.2) is 35.3 Å². The highest BCUT2D eigenvalue weighted by atomic mass is 16.1. The van der Waals surface area contributed by atoms with Crippen LogP contribution in [0.25, 0.3) is 22.4 Å². The van der Waals surface area contributed by atoms with Gasteiger partial charge in [0.05, 0.1) is 25.0 Å². The molecular weight excluding hydrogens is 340 g/mol. The summed E-state index contributed by atoms with van der Waals surface area (Å²) < 4.78 is 1.79. The van der Waals surface area contributed by atoms with Gasteiger partial charge in [-0.1, -0.05) is 6.07 Å². The summed E-state index contributed by atoms with van der Waals surface area (Å²) in [7, 11) is 0. The van der Waals surface area contributed by atoms with Crippen molar-refractivity contribution < 1.29 is 4.79 Å². The van der Waals surface area contributed by atoms with Gasteiger partial charge in [0.25, 0.3) is 0 Å². The second-order valence-electron chi connectivity index (χ2n) is 6.05. The third-order valence-electron chi connectivity index (χ3n) is 4.07. The zero-order valence-electron chi connectivity index (χ0n) is 14.4. The van der Waals surface area contributed by atoms with Gasteiger partial charge in [-0.25, -0.2) is 15.0 Å². The zero-order chi connectivity index (χ0) is 18.5. The van der Waals surface area contributed by atoms with Crippen molar-refractivity contribution in [3.05, 3.63) is 79.8 Å². The molecule has 0 radical (unpaired) electrons. The number of carbonyl (C=O) groups is 1. The van der Waals surface area contributed by atoms with E-state index in [9.17, 15) is 4.79 Å². The molecule has 0 aliphatic rings. The molecule has 27 heavy (non-hydrogen) atoms. The van der Waals surface area contributed by atoms with Gasteiger partial charge in [0.15, 0.2) is 5.78 Å². The Balaban J connectivity index is 1.39. The molecule has 132 valence electrons. The van der Waals surface area contributed by atoms with E-state index in [1.165, 1.54) is 6.33 Å². The Kier molecular flexibility index (Phi) is 4.74. The molecule has 0 unspecified atom stereocenters. The Morgan fingerprint density at radius 1 is 0.852 bits per heavy atom. The van der Waals surface area contributed by atoms with Gasteiger partial charge >= 0.3 is 0 Å². The summed E-state index contributed by atoms with van der Waals surface area (Å²) in [6, 6.07) is 7.55. The van der Waals surface area contributed by atoms with Gasteiger partial charge in [-0.15, -0.1) is 0 Å². The van der Waals surface area contributed by atoms with Crippen LogP contribution >= 0.6 is 0 Å². The van der Waals surface area contributed by atoms with E-state index in [4.69, 9.17) is 0 Å². The van der Waals surface area contributed by atoms with E-state index >= 15 is 0 Å². The smallest absolute Gasteiger partial charge is 0.158 e. The van der Waals surface area contributed by atoms with E-state index in [0.717, 1.165) is 28.1 Å². The molecule has 4 heterocycles. The fourth-order valence-corrected chi connectivity index (χ4v) is 2.73. The molecule has 0 atom stereocenters. The van der Waals surface area contributed by atoms with Crippen LogP contribution in [0.3, 0.4) is 0 Å². The maximum Gasteiger partial charge on any atom is 0.158 e. The summed E-state index contributed by atoms with van der Waals surface area (Å²) in [5, 5.41) is 0. The lowest BCUT2D eigenvalue weighted by Gasteiger charge is -2.04. The Labute approximate surface area is 155 Å². The van der Waals surface area contributed by atoms with Crippen molar-refractivity contribution in [2.45, 2.75) is 13.0 Å². The Morgan fingerprint density at radius 3 is 2.41 bits per heavy atom. The summed E-state index contributed by atoms with van der Waals surface area (Å²) in [6.45, 7) is 0.258. The number of hydrogen-bond donors (Lipinski definition) is 0. The number of nitrogens with zero attached hydrogens (tertiary/aromatic N) is 6.